The molecule has 41 heavy (non-hydrogen) atoms. The van der Waals surface area contributed by atoms with Crippen LogP contribution in [-0.4, -0.2) is 60.3 Å². The fraction of sp³-hybridized carbons (Fsp3) is 0.375. The second kappa shape index (κ2) is 14.1. The van der Waals surface area contributed by atoms with E-state index in [0.29, 0.717) is 37.4 Å². The predicted molar refractivity (Wildman–Crippen MR) is 150 cm³/mol. The van der Waals surface area contributed by atoms with Gasteiger partial charge in [0.05, 0.1) is 11.6 Å². The number of halogens is 3. The molecule has 6 nitrogen and oxygen atoms in total. The van der Waals surface area contributed by atoms with Gasteiger partial charge in [-0.05, 0) is 68.1 Å². The maximum absolute atomic E-state index is 13.9. The molecule has 0 radical (unpaired) electrons. The molecule has 0 saturated carbocycles. The Morgan fingerprint density at radius 1 is 0.902 bits per heavy atom. The molecule has 0 N–H and O–H groups in total. The first-order valence-corrected chi connectivity index (χ1v) is 14.0. The Bertz CT molecular complexity index is 1280. The smallest absolute Gasteiger partial charge is 0.491 e. The summed E-state index contributed by atoms with van der Waals surface area (Å²) in [6, 6.07) is 21.5. The lowest BCUT2D eigenvalue weighted by molar-refractivity contribution is -0.274. The van der Waals surface area contributed by atoms with Crippen LogP contribution in [-0.2, 0) is 6.42 Å². The number of fused-ring (bicyclic) bond motifs is 1. The molecule has 1 aliphatic heterocycles. The number of rotatable bonds is 5. The number of ether oxygens (including phenoxy) is 2. The lowest BCUT2D eigenvalue weighted by Gasteiger charge is -2.33. The highest BCUT2D eigenvalue weighted by Gasteiger charge is 2.31. The van der Waals surface area contributed by atoms with Crippen LogP contribution in [0.15, 0.2) is 78.9 Å². The second-order valence-corrected chi connectivity index (χ2v) is 10.0. The van der Waals surface area contributed by atoms with Crippen LogP contribution in [0.3, 0.4) is 0 Å². The third-order valence-corrected chi connectivity index (χ3v) is 7.15. The standard InChI is InChI=1S/C32H35F3N2O4/c1-2-36-20-10-3-4-11-21-37(30(38)25-16-18-27(19-17-25)41-32(33,34)35)26(22-24-12-6-5-7-13-24)23-40-29-15-9-8-14-28(29)31(36)39/h5-9,12-19,26H,2-4,10-11,20-23H2,1H3/t26-/m1/s1. The molecule has 2 amide bonds. The molecular formula is C32H35F3N2O4. The van der Waals surface area contributed by atoms with E-state index in [1.165, 1.54) is 12.1 Å². The Hall–Kier alpha value is -4.01. The highest BCUT2D eigenvalue weighted by atomic mass is 19.4. The molecule has 9 heteroatoms. The van der Waals surface area contributed by atoms with Gasteiger partial charge in [0.25, 0.3) is 11.8 Å². The van der Waals surface area contributed by atoms with E-state index in [0.717, 1.165) is 43.4 Å². The summed E-state index contributed by atoms with van der Waals surface area (Å²) in [7, 11) is 0. The van der Waals surface area contributed by atoms with E-state index in [-0.39, 0.29) is 29.7 Å². The fourth-order valence-corrected chi connectivity index (χ4v) is 5.03. The van der Waals surface area contributed by atoms with Crippen molar-refractivity contribution in [3.8, 4) is 11.5 Å². The molecule has 1 heterocycles. The zero-order valence-electron chi connectivity index (χ0n) is 23.1. The van der Waals surface area contributed by atoms with Crippen molar-refractivity contribution in [2.45, 2.75) is 51.4 Å². The number of hydrogen-bond donors (Lipinski definition) is 0. The van der Waals surface area contributed by atoms with Gasteiger partial charge < -0.3 is 19.3 Å². The maximum Gasteiger partial charge on any atom is 0.573 e. The Balaban J connectivity index is 1.66. The van der Waals surface area contributed by atoms with Crippen LogP contribution in [0.2, 0.25) is 0 Å². The molecule has 0 saturated heterocycles. The van der Waals surface area contributed by atoms with Crippen molar-refractivity contribution < 1.29 is 32.2 Å². The second-order valence-electron chi connectivity index (χ2n) is 10.0. The lowest BCUT2D eigenvalue weighted by atomic mass is 10.0. The van der Waals surface area contributed by atoms with Gasteiger partial charge in [-0.1, -0.05) is 55.3 Å². The summed E-state index contributed by atoms with van der Waals surface area (Å²) in [6.45, 7) is 3.78. The molecule has 0 fully saturated rings. The molecule has 0 aliphatic carbocycles. The van der Waals surface area contributed by atoms with E-state index in [1.807, 2.05) is 48.2 Å². The average Bonchev–Trinajstić information content (AvgIpc) is 2.96. The van der Waals surface area contributed by atoms with Crippen molar-refractivity contribution >= 4 is 11.8 Å². The van der Waals surface area contributed by atoms with Crippen molar-refractivity contribution in [1.82, 2.24) is 9.80 Å². The zero-order valence-corrected chi connectivity index (χ0v) is 23.1. The minimum atomic E-state index is -4.82. The van der Waals surface area contributed by atoms with Crippen LogP contribution in [0.1, 0.15) is 58.9 Å². The van der Waals surface area contributed by atoms with Crippen molar-refractivity contribution in [3.05, 3.63) is 95.6 Å². The minimum Gasteiger partial charge on any atom is -0.491 e. The third-order valence-electron chi connectivity index (χ3n) is 7.15. The Morgan fingerprint density at radius 2 is 1.56 bits per heavy atom. The zero-order chi connectivity index (χ0) is 29.2. The van der Waals surface area contributed by atoms with Crippen molar-refractivity contribution in [2.24, 2.45) is 0 Å². The molecule has 1 atom stereocenters. The number of alkyl halides is 3. The van der Waals surface area contributed by atoms with E-state index in [1.54, 1.807) is 23.1 Å². The van der Waals surface area contributed by atoms with Gasteiger partial charge in [0.1, 0.15) is 18.1 Å². The van der Waals surface area contributed by atoms with E-state index in [9.17, 15) is 22.8 Å². The van der Waals surface area contributed by atoms with Gasteiger partial charge in [0, 0.05) is 25.2 Å². The summed E-state index contributed by atoms with van der Waals surface area (Å²) in [5.74, 6) is -0.329. The Morgan fingerprint density at radius 3 is 2.24 bits per heavy atom. The average molecular weight is 569 g/mol. The number of amides is 2. The van der Waals surface area contributed by atoms with Gasteiger partial charge in [-0.3, -0.25) is 9.59 Å². The monoisotopic (exact) mass is 568 g/mol. The highest BCUT2D eigenvalue weighted by Crippen LogP contribution is 2.26. The maximum atomic E-state index is 13.9. The minimum absolute atomic E-state index is 0.0890. The summed E-state index contributed by atoms with van der Waals surface area (Å²) in [5.41, 5.74) is 1.74. The van der Waals surface area contributed by atoms with Gasteiger partial charge in [-0.25, -0.2) is 0 Å². The highest BCUT2D eigenvalue weighted by molar-refractivity contribution is 5.97. The van der Waals surface area contributed by atoms with E-state index in [2.05, 4.69) is 4.74 Å². The summed E-state index contributed by atoms with van der Waals surface area (Å²) in [5, 5.41) is 0. The molecule has 218 valence electrons. The van der Waals surface area contributed by atoms with Crippen molar-refractivity contribution in [1.29, 1.82) is 0 Å². The molecule has 3 aromatic carbocycles. The van der Waals surface area contributed by atoms with Gasteiger partial charge in [-0.15, -0.1) is 13.2 Å². The molecular weight excluding hydrogens is 533 g/mol. The van der Waals surface area contributed by atoms with Crippen molar-refractivity contribution in [3.63, 3.8) is 0 Å². The molecule has 0 spiro atoms. The van der Waals surface area contributed by atoms with E-state index < -0.39 is 12.4 Å². The van der Waals surface area contributed by atoms with E-state index >= 15 is 0 Å². The predicted octanol–water partition coefficient (Wildman–Crippen LogP) is 6.75. The number of hydrogen-bond acceptors (Lipinski definition) is 4. The summed E-state index contributed by atoms with van der Waals surface area (Å²) < 4.78 is 48.2. The van der Waals surface area contributed by atoms with Gasteiger partial charge in [0.2, 0.25) is 0 Å². The van der Waals surface area contributed by atoms with E-state index in [4.69, 9.17) is 4.74 Å². The van der Waals surface area contributed by atoms with Crippen LogP contribution in [0.4, 0.5) is 13.2 Å². The summed E-state index contributed by atoms with van der Waals surface area (Å²) in [4.78, 5) is 30.8. The van der Waals surface area contributed by atoms with Gasteiger partial charge >= 0.3 is 6.36 Å². The topological polar surface area (TPSA) is 59.1 Å². The van der Waals surface area contributed by atoms with Crippen molar-refractivity contribution in [2.75, 3.05) is 26.2 Å². The molecule has 4 rings (SSSR count). The SMILES string of the molecule is CCN1CCCCCCN(C(=O)c2ccc(OC(F)(F)F)cc2)[C@H](Cc2ccccc2)COc2ccccc2C1=O. The number of para-hydroxylation sites is 1. The lowest BCUT2D eigenvalue weighted by Crippen LogP contribution is -2.45. The quantitative estimate of drug-likeness (QED) is 0.342. The van der Waals surface area contributed by atoms with Crippen LogP contribution >= 0.6 is 0 Å². The largest absolute Gasteiger partial charge is 0.573 e. The number of carbonyl (C=O) groups is 2. The number of nitrogens with zero attached hydrogens (tertiary/aromatic N) is 2. The fourth-order valence-electron chi connectivity index (χ4n) is 5.03. The first kappa shape index (κ1) is 30.0. The Labute approximate surface area is 238 Å². The Kier molecular flexibility index (Phi) is 10.3. The third kappa shape index (κ3) is 8.49. The number of benzene rings is 3. The normalized spacial score (nSPS) is 17.3. The molecule has 0 aromatic heterocycles. The molecule has 0 unspecified atom stereocenters. The van der Waals surface area contributed by atoms with Crippen LogP contribution in [0, 0.1) is 0 Å². The molecule has 1 aliphatic rings. The molecule has 3 aromatic rings. The molecule has 0 bridgehead atoms. The first-order valence-electron chi connectivity index (χ1n) is 14.0. The van der Waals surface area contributed by atoms with Crippen LogP contribution < -0.4 is 9.47 Å². The van der Waals surface area contributed by atoms with Crippen LogP contribution in [0.5, 0.6) is 11.5 Å². The first-order chi connectivity index (χ1) is 19.7. The summed E-state index contributed by atoms with van der Waals surface area (Å²) >= 11 is 0. The van der Waals surface area contributed by atoms with Gasteiger partial charge in [0.15, 0.2) is 0 Å². The number of carbonyl (C=O) groups excluding carboxylic acids is 2. The van der Waals surface area contributed by atoms with Gasteiger partial charge in [-0.2, -0.15) is 0 Å². The van der Waals surface area contributed by atoms with Crippen LogP contribution in [0.25, 0.3) is 0 Å². The summed E-state index contributed by atoms with van der Waals surface area (Å²) in [6.07, 6.45) is -0.975.